The lowest BCUT2D eigenvalue weighted by atomic mass is 10.2. The summed E-state index contributed by atoms with van der Waals surface area (Å²) in [6.07, 6.45) is 0. The highest BCUT2D eigenvalue weighted by Crippen LogP contribution is 2.24. The molecule has 1 aromatic rings. The van der Waals surface area contributed by atoms with E-state index < -0.39 is 0 Å². The predicted molar refractivity (Wildman–Crippen MR) is 67.4 cm³/mol. The third-order valence-corrected chi connectivity index (χ3v) is 3.14. The van der Waals surface area contributed by atoms with E-state index in [4.69, 9.17) is 4.74 Å². The molecule has 0 radical (unpaired) electrons. The van der Waals surface area contributed by atoms with E-state index in [1.54, 1.807) is 7.11 Å². The molecule has 0 spiro atoms. The first-order valence-electron chi connectivity index (χ1n) is 5.78. The second kappa shape index (κ2) is 4.74. The number of likely N-dealkylation sites (N-methyl/N-ethyl adjacent to an activating group) is 1. The first kappa shape index (κ1) is 11.3. The largest absolute Gasteiger partial charge is 0.497 e. The maximum absolute atomic E-state index is 5.31. The number of methoxy groups -OCH3 is 1. The third kappa shape index (κ3) is 2.47. The lowest BCUT2D eigenvalue weighted by molar-refractivity contribution is 0.312. The first-order valence-corrected chi connectivity index (χ1v) is 5.78. The Bertz CT molecular complexity index is 357. The van der Waals surface area contributed by atoms with Crippen LogP contribution in [0.4, 0.5) is 5.69 Å². The van der Waals surface area contributed by atoms with Gasteiger partial charge in [-0.2, -0.15) is 0 Å². The molecule has 0 saturated carbocycles. The van der Waals surface area contributed by atoms with Crippen LogP contribution in [0.1, 0.15) is 5.56 Å². The van der Waals surface area contributed by atoms with Crippen LogP contribution < -0.4 is 9.64 Å². The molecule has 1 aliphatic rings. The zero-order valence-corrected chi connectivity index (χ0v) is 10.4. The fourth-order valence-electron chi connectivity index (χ4n) is 2.09. The van der Waals surface area contributed by atoms with Gasteiger partial charge in [0.1, 0.15) is 5.75 Å². The number of ether oxygens (including phenoxy) is 1. The highest BCUT2D eigenvalue weighted by molar-refractivity contribution is 5.53. The molecule has 16 heavy (non-hydrogen) atoms. The van der Waals surface area contributed by atoms with Crippen LogP contribution in [-0.2, 0) is 0 Å². The predicted octanol–water partition coefficient (Wildman–Crippen LogP) is 1.76. The first-order chi connectivity index (χ1) is 7.69. The molecule has 1 saturated heterocycles. The summed E-state index contributed by atoms with van der Waals surface area (Å²) in [5, 5.41) is 0. The van der Waals surface area contributed by atoms with Crippen LogP contribution in [0.2, 0.25) is 0 Å². The summed E-state index contributed by atoms with van der Waals surface area (Å²) < 4.78 is 5.31. The molecule has 0 N–H and O–H groups in total. The number of benzene rings is 1. The molecule has 3 heteroatoms. The topological polar surface area (TPSA) is 15.7 Å². The number of rotatable bonds is 2. The molecule has 2 rings (SSSR count). The fourth-order valence-corrected chi connectivity index (χ4v) is 2.09. The van der Waals surface area contributed by atoms with Crippen LogP contribution in [0.5, 0.6) is 5.75 Å². The van der Waals surface area contributed by atoms with Gasteiger partial charge in [-0.3, -0.25) is 0 Å². The zero-order valence-electron chi connectivity index (χ0n) is 10.4. The Balaban J connectivity index is 2.16. The van der Waals surface area contributed by atoms with Gasteiger partial charge in [0.2, 0.25) is 0 Å². The average molecular weight is 220 g/mol. The van der Waals surface area contributed by atoms with Crippen molar-refractivity contribution in [2.24, 2.45) is 0 Å². The van der Waals surface area contributed by atoms with Crippen molar-refractivity contribution < 1.29 is 4.74 Å². The van der Waals surface area contributed by atoms with Gasteiger partial charge in [0.15, 0.2) is 0 Å². The van der Waals surface area contributed by atoms with Gasteiger partial charge in [-0.25, -0.2) is 0 Å². The third-order valence-electron chi connectivity index (χ3n) is 3.14. The fraction of sp³-hybridized carbons (Fsp3) is 0.538. The summed E-state index contributed by atoms with van der Waals surface area (Å²) in [7, 11) is 3.90. The van der Waals surface area contributed by atoms with E-state index in [-0.39, 0.29) is 0 Å². The molecule has 1 aliphatic heterocycles. The second-order valence-electron chi connectivity index (χ2n) is 4.50. The summed E-state index contributed by atoms with van der Waals surface area (Å²) in [5.41, 5.74) is 2.54. The van der Waals surface area contributed by atoms with Gasteiger partial charge in [-0.15, -0.1) is 0 Å². The maximum atomic E-state index is 5.31. The van der Waals surface area contributed by atoms with Gasteiger partial charge in [0.25, 0.3) is 0 Å². The van der Waals surface area contributed by atoms with E-state index in [2.05, 4.69) is 42.0 Å². The molecule has 0 unspecified atom stereocenters. The molecule has 88 valence electrons. The minimum Gasteiger partial charge on any atom is -0.497 e. The molecule has 3 nitrogen and oxygen atoms in total. The number of piperazine rings is 1. The van der Waals surface area contributed by atoms with Crippen LogP contribution in [0.15, 0.2) is 18.2 Å². The molecular formula is C13H20N2O. The highest BCUT2D eigenvalue weighted by Gasteiger charge is 2.14. The molecular weight excluding hydrogens is 200 g/mol. The van der Waals surface area contributed by atoms with Crippen molar-refractivity contribution >= 4 is 5.69 Å². The highest BCUT2D eigenvalue weighted by atomic mass is 16.5. The molecule has 0 aliphatic carbocycles. The van der Waals surface area contributed by atoms with Crippen LogP contribution >= 0.6 is 0 Å². The quantitative estimate of drug-likeness (QED) is 0.755. The van der Waals surface area contributed by atoms with Gasteiger partial charge in [0, 0.05) is 37.9 Å². The van der Waals surface area contributed by atoms with E-state index in [0.717, 1.165) is 31.9 Å². The SMILES string of the molecule is COc1cc(C)cc(N2CCN(C)CC2)c1. The van der Waals surface area contributed by atoms with Crippen molar-refractivity contribution in [3.63, 3.8) is 0 Å². The van der Waals surface area contributed by atoms with Crippen LogP contribution in [0.3, 0.4) is 0 Å². The lowest BCUT2D eigenvalue weighted by Crippen LogP contribution is -2.44. The van der Waals surface area contributed by atoms with Gasteiger partial charge < -0.3 is 14.5 Å². The molecule has 1 heterocycles. The van der Waals surface area contributed by atoms with E-state index in [1.165, 1.54) is 11.3 Å². The summed E-state index contributed by atoms with van der Waals surface area (Å²) in [4.78, 5) is 4.79. The molecule has 1 aromatic carbocycles. The Morgan fingerprint density at radius 3 is 2.38 bits per heavy atom. The smallest absolute Gasteiger partial charge is 0.121 e. The van der Waals surface area contributed by atoms with Gasteiger partial charge in [0.05, 0.1) is 7.11 Å². The molecule has 0 amide bonds. The van der Waals surface area contributed by atoms with Crippen LogP contribution in [-0.4, -0.2) is 45.2 Å². The molecule has 0 bridgehead atoms. The molecule has 1 fully saturated rings. The monoisotopic (exact) mass is 220 g/mol. The summed E-state index contributed by atoms with van der Waals surface area (Å²) >= 11 is 0. The number of aryl methyl sites for hydroxylation is 1. The number of hydrogen-bond acceptors (Lipinski definition) is 3. The Morgan fingerprint density at radius 2 is 1.75 bits per heavy atom. The summed E-state index contributed by atoms with van der Waals surface area (Å²) in [5.74, 6) is 0.953. The Labute approximate surface area is 97.6 Å². The van der Waals surface area contributed by atoms with Crippen molar-refractivity contribution in [3.05, 3.63) is 23.8 Å². The standard InChI is InChI=1S/C13H20N2O/c1-11-8-12(10-13(9-11)16-3)15-6-4-14(2)5-7-15/h8-10H,4-7H2,1-3H3. The van der Waals surface area contributed by atoms with Crippen LogP contribution in [0.25, 0.3) is 0 Å². The average Bonchev–Trinajstić information content (AvgIpc) is 2.29. The minimum absolute atomic E-state index is 0.953. The van der Waals surface area contributed by atoms with Crippen molar-refractivity contribution in [2.75, 3.05) is 45.2 Å². The number of nitrogens with zero attached hydrogens (tertiary/aromatic N) is 2. The Kier molecular flexibility index (Phi) is 3.34. The maximum Gasteiger partial charge on any atom is 0.121 e. The van der Waals surface area contributed by atoms with Crippen LogP contribution in [0, 0.1) is 6.92 Å². The van der Waals surface area contributed by atoms with Gasteiger partial charge >= 0.3 is 0 Å². The normalized spacial score (nSPS) is 17.6. The van der Waals surface area contributed by atoms with Crippen molar-refractivity contribution in [2.45, 2.75) is 6.92 Å². The number of anilines is 1. The lowest BCUT2D eigenvalue weighted by Gasteiger charge is -2.34. The van der Waals surface area contributed by atoms with E-state index >= 15 is 0 Å². The van der Waals surface area contributed by atoms with E-state index in [9.17, 15) is 0 Å². The Hall–Kier alpha value is -1.22. The summed E-state index contributed by atoms with van der Waals surface area (Å²) in [6, 6.07) is 6.42. The van der Waals surface area contributed by atoms with Gasteiger partial charge in [-0.05, 0) is 31.7 Å². The Morgan fingerprint density at radius 1 is 1.06 bits per heavy atom. The van der Waals surface area contributed by atoms with Crippen molar-refractivity contribution in [1.82, 2.24) is 4.90 Å². The molecule has 0 aromatic heterocycles. The van der Waals surface area contributed by atoms with Crippen molar-refractivity contribution in [3.8, 4) is 5.75 Å². The zero-order chi connectivity index (χ0) is 11.5. The van der Waals surface area contributed by atoms with Crippen molar-refractivity contribution in [1.29, 1.82) is 0 Å². The summed E-state index contributed by atoms with van der Waals surface area (Å²) in [6.45, 7) is 6.58. The minimum atomic E-state index is 0.953. The second-order valence-corrected chi connectivity index (χ2v) is 4.50. The van der Waals surface area contributed by atoms with Gasteiger partial charge in [-0.1, -0.05) is 0 Å². The van der Waals surface area contributed by atoms with E-state index in [0.29, 0.717) is 0 Å². The number of hydrogen-bond donors (Lipinski definition) is 0. The van der Waals surface area contributed by atoms with E-state index in [1.807, 2.05) is 0 Å². The molecule has 0 atom stereocenters.